The van der Waals surface area contributed by atoms with Crippen molar-refractivity contribution in [1.29, 1.82) is 0 Å². The monoisotopic (exact) mass is 360 g/mol. The van der Waals surface area contributed by atoms with Crippen molar-refractivity contribution in [3.05, 3.63) is 36.4 Å². The molecular weight excluding hydrogens is 336 g/mol. The summed E-state index contributed by atoms with van der Waals surface area (Å²) >= 11 is 0. The maximum absolute atomic E-state index is 12.1. The van der Waals surface area contributed by atoms with E-state index in [1.165, 1.54) is 7.11 Å². The number of anilines is 2. The molecule has 1 amide bonds. The van der Waals surface area contributed by atoms with E-state index >= 15 is 0 Å². The minimum absolute atomic E-state index is 0.0891. The molecule has 0 atom stereocenters. The normalized spacial score (nSPS) is 10.0. The first-order chi connectivity index (χ1) is 12.6. The highest BCUT2D eigenvalue weighted by Crippen LogP contribution is 2.39. The van der Waals surface area contributed by atoms with Crippen molar-refractivity contribution < 1.29 is 23.7 Å². The third-order valence-corrected chi connectivity index (χ3v) is 3.57. The highest BCUT2D eigenvalue weighted by Gasteiger charge is 2.13. The minimum Gasteiger partial charge on any atom is -0.494 e. The van der Waals surface area contributed by atoms with Gasteiger partial charge >= 0.3 is 0 Å². The Bertz CT molecular complexity index is 706. The molecule has 7 heteroatoms. The van der Waals surface area contributed by atoms with Crippen LogP contribution in [0.3, 0.4) is 0 Å². The largest absolute Gasteiger partial charge is 0.494 e. The number of rotatable bonds is 9. The average molecular weight is 360 g/mol. The van der Waals surface area contributed by atoms with Crippen LogP contribution in [0.2, 0.25) is 0 Å². The van der Waals surface area contributed by atoms with Crippen LogP contribution in [-0.4, -0.2) is 40.4 Å². The smallest absolute Gasteiger partial charge is 0.243 e. The molecule has 0 saturated heterocycles. The summed E-state index contributed by atoms with van der Waals surface area (Å²) in [4.78, 5) is 12.1. The van der Waals surface area contributed by atoms with Gasteiger partial charge in [0.15, 0.2) is 11.5 Å². The van der Waals surface area contributed by atoms with Gasteiger partial charge in [0.1, 0.15) is 5.75 Å². The summed E-state index contributed by atoms with van der Waals surface area (Å²) in [5.41, 5.74) is 1.38. The van der Waals surface area contributed by atoms with Crippen LogP contribution in [0.4, 0.5) is 11.4 Å². The maximum Gasteiger partial charge on any atom is 0.243 e. The number of hydrogen-bond acceptors (Lipinski definition) is 6. The molecule has 2 rings (SSSR count). The second-order valence-corrected chi connectivity index (χ2v) is 5.27. The first kappa shape index (κ1) is 19.2. The van der Waals surface area contributed by atoms with E-state index in [1.54, 1.807) is 38.5 Å². The summed E-state index contributed by atoms with van der Waals surface area (Å²) in [7, 11) is 4.62. The van der Waals surface area contributed by atoms with Crippen LogP contribution in [0.15, 0.2) is 36.4 Å². The van der Waals surface area contributed by atoms with Crippen molar-refractivity contribution in [2.45, 2.75) is 6.92 Å². The Morgan fingerprint density at radius 3 is 2.04 bits per heavy atom. The lowest BCUT2D eigenvalue weighted by molar-refractivity contribution is -0.114. The van der Waals surface area contributed by atoms with E-state index in [0.717, 1.165) is 5.75 Å². The van der Waals surface area contributed by atoms with E-state index in [4.69, 9.17) is 18.9 Å². The number of carbonyl (C=O) groups is 1. The fraction of sp³-hybridized carbons (Fsp3) is 0.316. The highest BCUT2D eigenvalue weighted by atomic mass is 16.5. The molecule has 0 aliphatic heterocycles. The third kappa shape index (κ3) is 4.95. The fourth-order valence-corrected chi connectivity index (χ4v) is 2.37. The fourth-order valence-electron chi connectivity index (χ4n) is 2.37. The van der Waals surface area contributed by atoms with Crippen molar-refractivity contribution in [1.82, 2.24) is 0 Å². The molecule has 140 valence electrons. The molecule has 0 spiro atoms. The molecule has 2 N–H and O–H groups in total. The lowest BCUT2D eigenvalue weighted by atomic mass is 10.2. The molecule has 0 radical (unpaired) electrons. The van der Waals surface area contributed by atoms with Gasteiger partial charge in [-0.05, 0) is 31.2 Å². The van der Waals surface area contributed by atoms with Gasteiger partial charge in [-0.15, -0.1) is 0 Å². The summed E-state index contributed by atoms with van der Waals surface area (Å²) in [5, 5.41) is 5.86. The van der Waals surface area contributed by atoms with Gasteiger partial charge in [-0.3, -0.25) is 4.79 Å². The predicted octanol–water partition coefficient (Wildman–Crippen LogP) is 3.16. The number of amides is 1. The molecule has 2 aromatic carbocycles. The number of hydrogen-bond donors (Lipinski definition) is 2. The molecule has 0 aliphatic carbocycles. The SMILES string of the molecule is CCOc1ccc(NC(=O)CNc2cc(OC)c(OC)c(OC)c2)cc1. The summed E-state index contributed by atoms with van der Waals surface area (Å²) in [6.07, 6.45) is 0. The summed E-state index contributed by atoms with van der Waals surface area (Å²) in [6.45, 7) is 2.61. The van der Waals surface area contributed by atoms with Crippen LogP contribution in [0.25, 0.3) is 0 Å². The standard InChI is InChI=1S/C19H24N2O5/c1-5-26-15-8-6-13(7-9-15)21-18(22)12-20-14-10-16(23-2)19(25-4)17(11-14)24-3/h6-11,20H,5,12H2,1-4H3,(H,21,22). The van der Waals surface area contributed by atoms with Gasteiger partial charge in [-0.25, -0.2) is 0 Å². The van der Waals surface area contributed by atoms with Gasteiger partial charge in [0, 0.05) is 23.5 Å². The molecule has 7 nitrogen and oxygen atoms in total. The van der Waals surface area contributed by atoms with E-state index in [1.807, 2.05) is 19.1 Å². The molecule has 0 heterocycles. The Labute approximate surface area is 153 Å². The summed E-state index contributed by atoms with van der Waals surface area (Å²) < 4.78 is 21.2. The van der Waals surface area contributed by atoms with Crippen LogP contribution in [0, 0.1) is 0 Å². The number of nitrogens with one attached hydrogen (secondary N) is 2. The lowest BCUT2D eigenvalue weighted by Crippen LogP contribution is -2.21. The minimum atomic E-state index is -0.178. The quantitative estimate of drug-likeness (QED) is 0.715. The van der Waals surface area contributed by atoms with Crippen LogP contribution in [0.5, 0.6) is 23.0 Å². The maximum atomic E-state index is 12.1. The van der Waals surface area contributed by atoms with Crippen molar-refractivity contribution in [3.8, 4) is 23.0 Å². The zero-order chi connectivity index (χ0) is 18.9. The van der Waals surface area contributed by atoms with Gasteiger partial charge in [-0.2, -0.15) is 0 Å². The van der Waals surface area contributed by atoms with Gasteiger partial charge in [0.2, 0.25) is 11.7 Å². The Hall–Kier alpha value is -3.09. The second-order valence-electron chi connectivity index (χ2n) is 5.27. The van der Waals surface area contributed by atoms with Crippen LogP contribution >= 0.6 is 0 Å². The molecule has 0 saturated carbocycles. The van der Waals surface area contributed by atoms with E-state index in [2.05, 4.69) is 10.6 Å². The van der Waals surface area contributed by atoms with Crippen molar-refractivity contribution in [2.24, 2.45) is 0 Å². The van der Waals surface area contributed by atoms with Gasteiger partial charge in [0.25, 0.3) is 0 Å². The molecule has 0 aromatic heterocycles. The zero-order valence-electron chi connectivity index (χ0n) is 15.4. The Balaban J connectivity index is 1.98. The van der Waals surface area contributed by atoms with E-state index < -0.39 is 0 Å². The Morgan fingerprint density at radius 2 is 1.54 bits per heavy atom. The van der Waals surface area contributed by atoms with Crippen molar-refractivity contribution in [2.75, 3.05) is 45.1 Å². The van der Waals surface area contributed by atoms with Gasteiger partial charge < -0.3 is 29.6 Å². The van der Waals surface area contributed by atoms with Crippen molar-refractivity contribution in [3.63, 3.8) is 0 Å². The summed E-state index contributed by atoms with van der Waals surface area (Å²) in [5.74, 6) is 2.12. The first-order valence-corrected chi connectivity index (χ1v) is 8.17. The Morgan fingerprint density at radius 1 is 0.923 bits per heavy atom. The summed E-state index contributed by atoms with van der Waals surface area (Å²) in [6, 6.07) is 10.7. The van der Waals surface area contributed by atoms with Crippen molar-refractivity contribution >= 4 is 17.3 Å². The zero-order valence-corrected chi connectivity index (χ0v) is 15.4. The molecular formula is C19H24N2O5. The second kappa shape index (κ2) is 9.41. The number of benzene rings is 2. The van der Waals surface area contributed by atoms with Gasteiger partial charge in [-0.1, -0.05) is 0 Å². The average Bonchev–Trinajstić information content (AvgIpc) is 2.67. The number of carbonyl (C=O) groups excluding carboxylic acids is 1. The van der Waals surface area contributed by atoms with Crippen LogP contribution in [0.1, 0.15) is 6.92 Å². The molecule has 26 heavy (non-hydrogen) atoms. The van der Waals surface area contributed by atoms with Gasteiger partial charge in [0.05, 0.1) is 34.5 Å². The molecule has 0 aliphatic rings. The molecule has 0 unspecified atom stereocenters. The molecule has 0 bridgehead atoms. The lowest BCUT2D eigenvalue weighted by Gasteiger charge is -2.15. The van der Waals surface area contributed by atoms with E-state index in [0.29, 0.717) is 35.2 Å². The number of methoxy groups -OCH3 is 3. The third-order valence-electron chi connectivity index (χ3n) is 3.57. The Kier molecular flexibility index (Phi) is 6.96. The topological polar surface area (TPSA) is 78.1 Å². The van der Waals surface area contributed by atoms with Crippen LogP contribution < -0.4 is 29.6 Å². The molecule has 0 fully saturated rings. The highest BCUT2D eigenvalue weighted by molar-refractivity contribution is 5.93. The van der Waals surface area contributed by atoms with Crippen LogP contribution in [-0.2, 0) is 4.79 Å². The van der Waals surface area contributed by atoms with E-state index in [9.17, 15) is 4.79 Å². The first-order valence-electron chi connectivity index (χ1n) is 8.17. The number of ether oxygens (including phenoxy) is 4. The molecule has 2 aromatic rings. The van der Waals surface area contributed by atoms with E-state index in [-0.39, 0.29) is 12.5 Å². The predicted molar refractivity (Wildman–Crippen MR) is 101 cm³/mol.